The molecule has 3 rings (SSSR count). The smallest absolute Gasteiger partial charge is 0.255 e. The first-order chi connectivity index (χ1) is 11.6. The van der Waals surface area contributed by atoms with Gasteiger partial charge in [0.05, 0.1) is 0 Å². The number of amides is 1. The molecule has 3 nitrogen and oxygen atoms in total. The van der Waals surface area contributed by atoms with Crippen LogP contribution >= 0.6 is 0 Å². The van der Waals surface area contributed by atoms with Crippen molar-refractivity contribution in [2.75, 3.05) is 5.32 Å². The average molecular weight is 317 g/mol. The number of aryl methyl sites for hydroxylation is 2. The van der Waals surface area contributed by atoms with E-state index in [0.717, 1.165) is 17.0 Å². The van der Waals surface area contributed by atoms with Gasteiger partial charge in [0.2, 0.25) is 0 Å². The Kier molecular flexibility index (Phi) is 4.62. The zero-order valence-electron chi connectivity index (χ0n) is 13.7. The second-order valence-corrected chi connectivity index (χ2v) is 5.71. The van der Waals surface area contributed by atoms with Crippen LogP contribution in [-0.2, 0) is 0 Å². The van der Waals surface area contributed by atoms with Crippen molar-refractivity contribution in [3.8, 4) is 11.5 Å². The number of hydrogen-bond donors (Lipinski definition) is 1. The van der Waals surface area contributed by atoms with Crippen LogP contribution in [0.2, 0.25) is 0 Å². The predicted molar refractivity (Wildman–Crippen MR) is 96.8 cm³/mol. The van der Waals surface area contributed by atoms with E-state index >= 15 is 0 Å². The highest BCUT2D eigenvalue weighted by Gasteiger charge is 2.08. The molecule has 24 heavy (non-hydrogen) atoms. The van der Waals surface area contributed by atoms with Gasteiger partial charge in [0.25, 0.3) is 5.91 Å². The molecule has 0 aliphatic heterocycles. The molecule has 0 fully saturated rings. The maximum Gasteiger partial charge on any atom is 0.255 e. The van der Waals surface area contributed by atoms with Crippen LogP contribution in [0.4, 0.5) is 5.69 Å². The van der Waals surface area contributed by atoms with Crippen LogP contribution in [0.15, 0.2) is 72.8 Å². The summed E-state index contributed by atoms with van der Waals surface area (Å²) in [6.07, 6.45) is 0. The van der Waals surface area contributed by atoms with Gasteiger partial charge in [-0.2, -0.15) is 0 Å². The third-order valence-electron chi connectivity index (χ3n) is 3.77. The Morgan fingerprint density at radius 2 is 1.38 bits per heavy atom. The van der Waals surface area contributed by atoms with E-state index in [-0.39, 0.29) is 5.91 Å². The summed E-state index contributed by atoms with van der Waals surface area (Å²) in [4.78, 5) is 12.3. The zero-order chi connectivity index (χ0) is 16.9. The molecular weight excluding hydrogens is 298 g/mol. The SMILES string of the molecule is Cc1ccc(Oc2ccc(C(=O)Nc3ccccc3C)cc2)cc1. The highest BCUT2D eigenvalue weighted by molar-refractivity contribution is 6.04. The topological polar surface area (TPSA) is 38.3 Å². The lowest BCUT2D eigenvalue weighted by atomic mass is 10.1. The van der Waals surface area contributed by atoms with Crippen molar-refractivity contribution in [3.63, 3.8) is 0 Å². The number of rotatable bonds is 4. The van der Waals surface area contributed by atoms with Gasteiger partial charge in [-0.25, -0.2) is 0 Å². The van der Waals surface area contributed by atoms with E-state index in [1.54, 1.807) is 24.3 Å². The lowest BCUT2D eigenvalue weighted by Crippen LogP contribution is -2.12. The molecule has 0 atom stereocenters. The van der Waals surface area contributed by atoms with E-state index in [0.29, 0.717) is 11.3 Å². The Bertz CT molecular complexity index is 836. The van der Waals surface area contributed by atoms with Crippen LogP contribution in [0, 0.1) is 13.8 Å². The number of anilines is 1. The van der Waals surface area contributed by atoms with Crippen molar-refractivity contribution in [3.05, 3.63) is 89.5 Å². The highest BCUT2D eigenvalue weighted by atomic mass is 16.5. The van der Waals surface area contributed by atoms with Crippen LogP contribution in [0.25, 0.3) is 0 Å². The van der Waals surface area contributed by atoms with Crippen molar-refractivity contribution in [1.82, 2.24) is 0 Å². The third-order valence-corrected chi connectivity index (χ3v) is 3.77. The second-order valence-electron chi connectivity index (χ2n) is 5.71. The Balaban J connectivity index is 1.68. The molecule has 0 radical (unpaired) electrons. The maximum atomic E-state index is 12.3. The first-order valence-electron chi connectivity index (χ1n) is 7.83. The van der Waals surface area contributed by atoms with E-state index in [2.05, 4.69) is 5.32 Å². The minimum atomic E-state index is -0.133. The Labute approximate surface area is 141 Å². The van der Waals surface area contributed by atoms with Gasteiger partial charge >= 0.3 is 0 Å². The molecule has 3 aromatic carbocycles. The Hall–Kier alpha value is -3.07. The summed E-state index contributed by atoms with van der Waals surface area (Å²) >= 11 is 0. The van der Waals surface area contributed by atoms with Gasteiger partial charge in [0.15, 0.2) is 0 Å². The molecule has 0 heterocycles. The second kappa shape index (κ2) is 7.01. The number of para-hydroxylation sites is 1. The van der Waals surface area contributed by atoms with Crippen LogP contribution in [0.1, 0.15) is 21.5 Å². The lowest BCUT2D eigenvalue weighted by Gasteiger charge is -2.09. The fourth-order valence-corrected chi connectivity index (χ4v) is 2.32. The van der Waals surface area contributed by atoms with Gasteiger partial charge in [-0.1, -0.05) is 35.9 Å². The van der Waals surface area contributed by atoms with Crippen molar-refractivity contribution < 1.29 is 9.53 Å². The predicted octanol–water partition coefficient (Wildman–Crippen LogP) is 5.35. The van der Waals surface area contributed by atoms with Crippen LogP contribution in [-0.4, -0.2) is 5.91 Å². The molecule has 0 saturated carbocycles. The number of carbonyl (C=O) groups excluding carboxylic acids is 1. The number of ether oxygens (including phenoxy) is 1. The highest BCUT2D eigenvalue weighted by Crippen LogP contribution is 2.22. The van der Waals surface area contributed by atoms with E-state index < -0.39 is 0 Å². The maximum absolute atomic E-state index is 12.3. The van der Waals surface area contributed by atoms with Gasteiger partial charge < -0.3 is 10.1 Å². The number of benzene rings is 3. The fraction of sp³-hybridized carbons (Fsp3) is 0.0952. The number of carbonyl (C=O) groups is 1. The molecule has 3 heteroatoms. The minimum Gasteiger partial charge on any atom is -0.457 e. The first kappa shape index (κ1) is 15.8. The van der Waals surface area contributed by atoms with E-state index in [1.165, 1.54) is 5.56 Å². The normalized spacial score (nSPS) is 10.2. The Morgan fingerprint density at radius 3 is 2.00 bits per heavy atom. The molecule has 0 saturated heterocycles. The third kappa shape index (κ3) is 3.82. The molecule has 3 aromatic rings. The molecule has 0 spiro atoms. The molecule has 0 unspecified atom stereocenters. The van der Waals surface area contributed by atoms with Gasteiger partial charge in [-0.15, -0.1) is 0 Å². The molecule has 1 N–H and O–H groups in total. The average Bonchev–Trinajstić information content (AvgIpc) is 2.59. The summed E-state index contributed by atoms with van der Waals surface area (Å²) in [5.41, 5.74) is 3.63. The fourth-order valence-electron chi connectivity index (χ4n) is 2.32. The number of nitrogens with one attached hydrogen (secondary N) is 1. The first-order valence-corrected chi connectivity index (χ1v) is 7.83. The molecule has 120 valence electrons. The van der Waals surface area contributed by atoms with Crippen LogP contribution in [0.3, 0.4) is 0 Å². The summed E-state index contributed by atoms with van der Waals surface area (Å²) < 4.78 is 5.77. The molecule has 0 bridgehead atoms. The standard InChI is InChI=1S/C21H19NO2/c1-15-7-11-18(12-8-15)24-19-13-9-17(10-14-19)21(23)22-20-6-4-3-5-16(20)2/h3-14H,1-2H3,(H,22,23). The van der Waals surface area contributed by atoms with Gasteiger partial charge in [0, 0.05) is 11.3 Å². The largest absolute Gasteiger partial charge is 0.457 e. The molecule has 0 aliphatic carbocycles. The van der Waals surface area contributed by atoms with Crippen molar-refractivity contribution in [1.29, 1.82) is 0 Å². The zero-order valence-corrected chi connectivity index (χ0v) is 13.7. The molecule has 0 aliphatic rings. The van der Waals surface area contributed by atoms with Crippen LogP contribution in [0.5, 0.6) is 11.5 Å². The van der Waals surface area contributed by atoms with Crippen molar-refractivity contribution in [2.45, 2.75) is 13.8 Å². The molecule has 0 aromatic heterocycles. The minimum absolute atomic E-state index is 0.133. The summed E-state index contributed by atoms with van der Waals surface area (Å²) in [6.45, 7) is 4.00. The van der Waals surface area contributed by atoms with Gasteiger partial charge in [-0.05, 0) is 61.9 Å². The lowest BCUT2D eigenvalue weighted by molar-refractivity contribution is 0.102. The van der Waals surface area contributed by atoms with Crippen LogP contribution < -0.4 is 10.1 Å². The van der Waals surface area contributed by atoms with Gasteiger partial charge in [-0.3, -0.25) is 4.79 Å². The van der Waals surface area contributed by atoms with E-state index in [1.807, 2.05) is 62.4 Å². The summed E-state index contributed by atoms with van der Waals surface area (Å²) in [5, 5.41) is 2.92. The number of hydrogen-bond acceptors (Lipinski definition) is 2. The van der Waals surface area contributed by atoms with Crippen molar-refractivity contribution >= 4 is 11.6 Å². The van der Waals surface area contributed by atoms with Crippen molar-refractivity contribution in [2.24, 2.45) is 0 Å². The van der Waals surface area contributed by atoms with Gasteiger partial charge in [0.1, 0.15) is 11.5 Å². The van der Waals surface area contributed by atoms with E-state index in [9.17, 15) is 4.79 Å². The summed E-state index contributed by atoms with van der Waals surface area (Å²) in [6, 6.07) is 22.7. The monoisotopic (exact) mass is 317 g/mol. The Morgan fingerprint density at radius 1 is 0.792 bits per heavy atom. The summed E-state index contributed by atoms with van der Waals surface area (Å²) in [7, 11) is 0. The molecular formula is C21H19NO2. The molecule has 1 amide bonds. The quantitative estimate of drug-likeness (QED) is 0.704. The van der Waals surface area contributed by atoms with E-state index in [4.69, 9.17) is 4.74 Å². The summed E-state index contributed by atoms with van der Waals surface area (Å²) in [5.74, 6) is 1.34.